The van der Waals surface area contributed by atoms with Crippen molar-refractivity contribution < 1.29 is 30.3 Å². The average Bonchev–Trinajstić information content (AvgIpc) is 3.68. The molecule has 9 rings (SSSR count). The smallest absolute Gasteiger partial charge is 0.148 e. The van der Waals surface area contributed by atoms with Gasteiger partial charge in [-0.15, -0.1) is 23.8 Å². The summed E-state index contributed by atoms with van der Waals surface area (Å²) >= 11 is 0. The van der Waals surface area contributed by atoms with Gasteiger partial charge in [0, 0.05) is 42.6 Å². The number of fused-ring (bicyclic) bond motifs is 1. The Morgan fingerprint density at radius 3 is 2.03 bits per heavy atom. The molecule has 2 aromatic heterocycles. The van der Waals surface area contributed by atoms with Crippen LogP contribution in [0.25, 0.3) is 83.9 Å². The molecule has 1 N–H and O–H groups in total. The van der Waals surface area contributed by atoms with Crippen molar-refractivity contribution >= 4 is 11.0 Å². The van der Waals surface area contributed by atoms with Crippen molar-refractivity contribution in [2.75, 3.05) is 0 Å². The van der Waals surface area contributed by atoms with E-state index in [1.807, 2.05) is 66.7 Å². The van der Waals surface area contributed by atoms with E-state index < -0.39 is 6.85 Å². The molecule has 59 heavy (non-hydrogen) atoms. The first-order valence-electron chi connectivity index (χ1n) is 21.2. The van der Waals surface area contributed by atoms with Crippen LogP contribution in [-0.4, -0.2) is 19.6 Å². The van der Waals surface area contributed by atoms with Crippen LogP contribution in [-0.2, 0) is 26.5 Å². The molecule has 0 saturated heterocycles. The summed E-state index contributed by atoms with van der Waals surface area (Å²) in [6.07, 6.45) is 2.77. The molecule has 0 aliphatic heterocycles. The Balaban J connectivity index is 0.00000529. The zero-order valence-corrected chi connectivity index (χ0v) is 35.3. The molecular formula is C54H44N3OPt-. The van der Waals surface area contributed by atoms with Gasteiger partial charge in [0.25, 0.3) is 0 Å². The predicted molar refractivity (Wildman–Crippen MR) is 240 cm³/mol. The minimum absolute atomic E-state index is 0. The summed E-state index contributed by atoms with van der Waals surface area (Å²) in [6, 6.07) is 60.1. The summed E-state index contributed by atoms with van der Waals surface area (Å²) in [4.78, 5) is 10.3. The summed E-state index contributed by atoms with van der Waals surface area (Å²) in [7, 11) is 0. The minimum Gasteiger partial charge on any atom is -0.507 e. The Hall–Kier alpha value is -6.35. The van der Waals surface area contributed by atoms with Crippen LogP contribution in [0.5, 0.6) is 5.75 Å². The Morgan fingerprint density at radius 1 is 0.627 bits per heavy atom. The van der Waals surface area contributed by atoms with Gasteiger partial charge in [0.2, 0.25) is 0 Å². The third-order valence-electron chi connectivity index (χ3n) is 11.3. The van der Waals surface area contributed by atoms with Crippen LogP contribution in [0.1, 0.15) is 42.4 Å². The van der Waals surface area contributed by atoms with E-state index in [4.69, 9.17) is 14.1 Å². The molecule has 0 saturated carbocycles. The molecular weight excluding hydrogens is 902 g/mol. The Labute approximate surface area is 365 Å². The molecule has 9 aromatic rings. The van der Waals surface area contributed by atoms with Crippen molar-refractivity contribution in [1.29, 1.82) is 0 Å². The van der Waals surface area contributed by atoms with Gasteiger partial charge in [-0.3, -0.25) is 9.55 Å². The van der Waals surface area contributed by atoms with Crippen molar-refractivity contribution in [2.24, 2.45) is 0 Å². The maximum absolute atomic E-state index is 11.4. The molecule has 7 aromatic carbocycles. The van der Waals surface area contributed by atoms with E-state index >= 15 is 0 Å². The van der Waals surface area contributed by atoms with E-state index in [1.54, 1.807) is 24.4 Å². The zero-order chi connectivity index (χ0) is 42.3. The number of imidazole rings is 1. The number of nitrogens with zero attached hydrogens (tertiary/aromatic N) is 3. The van der Waals surface area contributed by atoms with Gasteiger partial charge >= 0.3 is 0 Å². The van der Waals surface area contributed by atoms with Crippen molar-refractivity contribution in [2.45, 2.75) is 39.5 Å². The number of rotatable bonds is 9. The number of aromatic nitrogens is 3. The van der Waals surface area contributed by atoms with E-state index in [9.17, 15) is 5.11 Å². The van der Waals surface area contributed by atoms with Crippen LogP contribution in [0.15, 0.2) is 176 Å². The fourth-order valence-corrected chi connectivity index (χ4v) is 7.68. The van der Waals surface area contributed by atoms with E-state index in [-0.39, 0.29) is 32.2 Å². The van der Waals surface area contributed by atoms with Crippen molar-refractivity contribution in [3.63, 3.8) is 0 Å². The normalized spacial score (nSPS) is 12.4. The van der Waals surface area contributed by atoms with Crippen molar-refractivity contribution in [3.8, 4) is 78.6 Å². The van der Waals surface area contributed by atoms with Gasteiger partial charge in [-0.05, 0) is 82.9 Å². The topological polar surface area (TPSA) is 50.9 Å². The van der Waals surface area contributed by atoms with Gasteiger partial charge in [-0.2, -0.15) is 0 Å². The first-order valence-corrected chi connectivity index (χ1v) is 19.7. The maximum atomic E-state index is 11.4. The Kier molecular flexibility index (Phi) is 10.00. The number of hydrogen-bond acceptors (Lipinski definition) is 3. The third-order valence-corrected chi connectivity index (χ3v) is 11.3. The largest absolute Gasteiger partial charge is 0.507 e. The first kappa shape index (κ1) is 35.8. The molecule has 0 aliphatic carbocycles. The number of pyridine rings is 1. The van der Waals surface area contributed by atoms with Crippen LogP contribution in [0, 0.1) is 12.9 Å². The quantitative estimate of drug-likeness (QED) is 0.147. The van der Waals surface area contributed by atoms with Gasteiger partial charge in [0.05, 0.1) is 22.3 Å². The second kappa shape index (κ2) is 16.5. The van der Waals surface area contributed by atoms with Crippen LogP contribution in [0.3, 0.4) is 0 Å². The molecule has 0 spiro atoms. The van der Waals surface area contributed by atoms with E-state index in [0.29, 0.717) is 17.0 Å². The SMILES string of the molecule is [2H]C([2H])([2H])c1ccc(-c2ccnc(-c3[c-]c(-c4cccc5c4nc(-c4ccccc4O)n5-c4ccc(C(C)(C)CC)cc4-c4ccccc4)cc(-c4ccccc4)c3)c2)cc1.[Pt]. The first-order chi connectivity index (χ1) is 29.5. The summed E-state index contributed by atoms with van der Waals surface area (Å²) in [5, 5.41) is 11.4. The van der Waals surface area contributed by atoms with E-state index in [0.717, 1.165) is 78.9 Å². The number of aryl methyl sites for hydroxylation is 1. The molecule has 2 heterocycles. The van der Waals surface area contributed by atoms with Crippen molar-refractivity contribution in [3.05, 3.63) is 193 Å². The summed E-state index contributed by atoms with van der Waals surface area (Å²) in [6.45, 7) is 4.61. The van der Waals surface area contributed by atoms with Crippen LogP contribution in [0.4, 0.5) is 0 Å². The molecule has 292 valence electrons. The van der Waals surface area contributed by atoms with Crippen LogP contribution < -0.4 is 0 Å². The van der Waals surface area contributed by atoms with Gasteiger partial charge in [0.1, 0.15) is 11.6 Å². The number of benzene rings is 7. The molecule has 0 atom stereocenters. The Morgan fingerprint density at radius 2 is 1.31 bits per heavy atom. The molecule has 4 nitrogen and oxygen atoms in total. The molecule has 0 radical (unpaired) electrons. The fraction of sp³-hybridized carbons (Fsp3) is 0.111. The molecule has 0 amide bonds. The molecule has 5 heteroatoms. The molecule has 0 aliphatic rings. The number of hydrogen-bond donors (Lipinski definition) is 1. The van der Waals surface area contributed by atoms with Crippen LogP contribution in [0.2, 0.25) is 0 Å². The van der Waals surface area contributed by atoms with Crippen LogP contribution >= 0.6 is 0 Å². The average molecular weight is 949 g/mol. The second-order valence-corrected chi connectivity index (χ2v) is 15.4. The van der Waals surface area contributed by atoms with E-state index in [2.05, 4.69) is 116 Å². The van der Waals surface area contributed by atoms with Gasteiger partial charge < -0.3 is 5.11 Å². The number of para-hydroxylation sites is 2. The maximum Gasteiger partial charge on any atom is 0.148 e. The van der Waals surface area contributed by atoms with Crippen molar-refractivity contribution in [1.82, 2.24) is 14.5 Å². The molecule has 0 fully saturated rings. The number of phenols is 1. The minimum atomic E-state index is -2.17. The summed E-state index contributed by atoms with van der Waals surface area (Å²) in [5.41, 5.74) is 14.0. The molecule has 0 bridgehead atoms. The predicted octanol–water partition coefficient (Wildman–Crippen LogP) is 13.9. The summed E-state index contributed by atoms with van der Waals surface area (Å²) in [5.74, 6) is 0.767. The summed E-state index contributed by atoms with van der Waals surface area (Å²) < 4.78 is 25.6. The number of aromatic hydroxyl groups is 1. The number of phenolic OH excluding ortho intramolecular Hbond substituents is 1. The van der Waals surface area contributed by atoms with Gasteiger partial charge in [-0.25, -0.2) is 4.98 Å². The van der Waals surface area contributed by atoms with Gasteiger partial charge in [-0.1, -0.05) is 164 Å². The van der Waals surface area contributed by atoms with Gasteiger partial charge in [0.15, 0.2) is 0 Å². The van der Waals surface area contributed by atoms with E-state index in [1.165, 1.54) is 5.56 Å². The Bertz CT molecular complexity index is 3030. The molecule has 0 unspecified atom stereocenters. The second-order valence-electron chi connectivity index (χ2n) is 15.4. The third kappa shape index (κ3) is 7.69. The fourth-order valence-electron chi connectivity index (χ4n) is 7.68. The monoisotopic (exact) mass is 948 g/mol. The standard InChI is InChI=1S/C54H44N3O.Pt/c1-5-54(3,4)44-27-28-49(47(35-44)39-17-10-7-11-18-39)57-50-21-14-20-45(52(50)56-53(57)46-19-12-13-22-51(46)58)42-31-41(37-15-8-6-9-16-37)32-43(33-42)48-34-40(29-30-55-48)38-25-23-36(2)24-26-38;/h6-32,34-35,58H,5H2,1-4H3;/q-1;/i2D3;. The zero-order valence-electron chi connectivity index (χ0n) is 36.1.